The van der Waals surface area contributed by atoms with Gasteiger partial charge in [0.05, 0.1) is 4.90 Å². The van der Waals surface area contributed by atoms with Gasteiger partial charge in [-0.15, -0.1) is 0 Å². The van der Waals surface area contributed by atoms with E-state index in [1.165, 1.54) is 7.05 Å². The molecule has 0 aliphatic heterocycles. The summed E-state index contributed by atoms with van der Waals surface area (Å²) in [5.74, 6) is -1.12. The summed E-state index contributed by atoms with van der Waals surface area (Å²) in [5, 5.41) is 4.87. The second-order valence-electron chi connectivity index (χ2n) is 4.74. The lowest BCUT2D eigenvalue weighted by Crippen LogP contribution is -2.41. The first kappa shape index (κ1) is 15.4. The molecular formula is C11H15FN2O4S2. The maximum atomic E-state index is 13.9. The fourth-order valence-electron chi connectivity index (χ4n) is 1.97. The van der Waals surface area contributed by atoms with Crippen molar-refractivity contribution < 1.29 is 21.2 Å². The number of halogens is 1. The first-order valence-electron chi connectivity index (χ1n) is 5.94. The molecule has 0 atom stereocenters. The van der Waals surface area contributed by atoms with Gasteiger partial charge in [-0.1, -0.05) is 6.42 Å². The molecule has 0 aromatic heterocycles. The number of hydrogen-bond donors (Lipinski definition) is 1. The Balaban J connectivity index is 2.42. The minimum absolute atomic E-state index is 0.127. The molecule has 1 aromatic rings. The van der Waals surface area contributed by atoms with E-state index in [9.17, 15) is 21.2 Å². The third-order valence-electron chi connectivity index (χ3n) is 3.48. The predicted molar refractivity (Wildman–Crippen MR) is 70.4 cm³/mol. The molecule has 9 heteroatoms. The summed E-state index contributed by atoms with van der Waals surface area (Å²) in [6.07, 6.45) is 2.43. The van der Waals surface area contributed by atoms with Crippen molar-refractivity contribution in [1.82, 2.24) is 4.31 Å². The van der Waals surface area contributed by atoms with E-state index in [0.29, 0.717) is 6.07 Å². The van der Waals surface area contributed by atoms with Crippen molar-refractivity contribution in [2.24, 2.45) is 5.14 Å². The number of nitrogens with zero attached hydrogens (tertiary/aromatic N) is 1. The van der Waals surface area contributed by atoms with E-state index in [-0.39, 0.29) is 6.04 Å². The van der Waals surface area contributed by atoms with Crippen molar-refractivity contribution in [2.45, 2.75) is 35.1 Å². The van der Waals surface area contributed by atoms with E-state index in [4.69, 9.17) is 5.14 Å². The zero-order valence-electron chi connectivity index (χ0n) is 10.8. The van der Waals surface area contributed by atoms with Crippen LogP contribution >= 0.6 is 0 Å². The summed E-state index contributed by atoms with van der Waals surface area (Å²) in [6.45, 7) is 0. The lowest BCUT2D eigenvalue weighted by atomic mass is 9.94. The molecule has 1 aromatic carbocycles. The van der Waals surface area contributed by atoms with Crippen molar-refractivity contribution in [1.29, 1.82) is 0 Å². The Labute approximate surface area is 117 Å². The summed E-state index contributed by atoms with van der Waals surface area (Å²) in [7, 11) is -6.64. The fourth-order valence-corrected chi connectivity index (χ4v) is 3.95. The lowest BCUT2D eigenvalue weighted by Gasteiger charge is -2.33. The van der Waals surface area contributed by atoms with Crippen LogP contribution in [0.15, 0.2) is 28.0 Å². The molecule has 6 nitrogen and oxygen atoms in total. The summed E-state index contributed by atoms with van der Waals surface area (Å²) >= 11 is 0. The second kappa shape index (κ2) is 5.06. The third kappa shape index (κ3) is 2.71. The Morgan fingerprint density at radius 2 is 1.85 bits per heavy atom. The van der Waals surface area contributed by atoms with E-state index < -0.39 is 35.7 Å². The zero-order chi connectivity index (χ0) is 15.1. The first-order valence-corrected chi connectivity index (χ1v) is 8.93. The number of rotatable bonds is 4. The molecule has 0 bridgehead atoms. The Hall–Kier alpha value is -1.03. The number of sulfonamides is 2. The molecule has 0 spiro atoms. The highest BCUT2D eigenvalue weighted by molar-refractivity contribution is 7.89. The molecule has 0 unspecified atom stereocenters. The maximum absolute atomic E-state index is 13.9. The van der Waals surface area contributed by atoms with Gasteiger partial charge in [-0.25, -0.2) is 26.4 Å². The van der Waals surface area contributed by atoms with Crippen molar-refractivity contribution >= 4 is 20.0 Å². The average Bonchev–Trinajstić information content (AvgIpc) is 2.24. The van der Waals surface area contributed by atoms with Crippen molar-refractivity contribution in [3.8, 4) is 0 Å². The predicted octanol–water partition coefficient (Wildman–Crippen LogP) is 0.646. The highest BCUT2D eigenvalue weighted by atomic mass is 32.2. The zero-order valence-corrected chi connectivity index (χ0v) is 12.4. The SMILES string of the molecule is CN(C1CCC1)S(=O)(=O)c1ccc(S(N)(=O)=O)cc1F. The fraction of sp³-hybridized carbons (Fsp3) is 0.455. The van der Waals surface area contributed by atoms with Crippen LogP contribution < -0.4 is 5.14 Å². The van der Waals surface area contributed by atoms with Crippen LogP contribution in [-0.4, -0.2) is 34.2 Å². The average molecular weight is 322 g/mol. The Kier molecular flexibility index (Phi) is 3.89. The van der Waals surface area contributed by atoms with Crippen LogP contribution in [0.3, 0.4) is 0 Å². The minimum atomic E-state index is -4.07. The van der Waals surface area contributed by atoms with E-state index in [2.05, 4.69) is 0 Å². The Morgan fingerprint density at radius 3 is 2.25 bits per heavy atom. The number of hydrogen-bond acceptors (Lipinski definition) is 4. The van der Waals surface area contributed by atoms with Crippen LogP contribution in [0.2, 0.25) is 0 Å². The standard InChI is InChI=1S/C11H15FN2O4S2/c1-14(8-3-2-4-8)20(17,18)11-6-5-9(7-10(11)12)19(13,15)16/h5-8H,2-4H2,1H3,(H2,13,15,16). The smallest absolute Gasteiger partial charge is 0.225 e. The van der Waals surface area contributed by atoms with Gasteiger partial charge in [0.1, 0.15) is 10.7 Å². The summed E-state index contributed by atoms with van der Waals surface area (Å²) in [5.41, 5.74) is 0. The molecule has 2 N–H and O–H groups in total. The maximum Gasteiger partial charge on any atom is 0.245 e. The minimum Gasteiger partial charge on any atom is -0.225 e. The molecule has 0 amide bonds. The van der Waals surface area contributed by atoms with Crippen LogP contribution in [0.4, 0.5) is 4.39 Å². The molecule has 0 radical (unpaired) electrons. The topological polar surface area (TPSA) is 97.5 Å². The van der Waals surface area contributed by atoms with E-state index in [1.807, 2.05) is 0 Å². The van der Waals surface area contributed by atoms with Gasteiger partial charge in [-0.05, 0) is 31.0 Å². The van der Waals surface area contributed by atoms with Crippen molar-refractivity contribution in [3.63, 3.8) is 0 Å². The molecule has 112 valence electrons. The van der Waals surface area contributed by atoms with Gasteiger partial charge in [0.2, 0.25) is 20.0 Å². The Morgan fingerprint density at radius 1 is 1.25 bits per heavy atom. The second-order valence-corrected chi connectivity index (χ2v) is 8.27. The van der Waals surface area contributed by atoms with Gasteiger partial charge in [0.15, 0.2) is 0 Å². The highest BCUT2D eigenvalue weighted by Gasteiger charge is 2.33. The van der Waals surface area contributed by atoms with Gasteiger partial charge >= 0.3 is 0 Å². The van der Waals surface area contributed by atoms with Gasteiger partial charge in [0.25, 0.3) is 0 Å². The molecule has 2 rings (SSSR count). The third-order valence-corrected chi connectivity index (χ3v) is 6.33. The molecular weight excluding hydrogens is 307 g/mol. The van der Waals surface area contributed by atoms with Gasteiger partial charge < -0.3 is 0 Å². The van der Waals surface area contributed by atoms with Crippen LogP contribution in [0.1, 0.15) is 19.3 Å². The first-order chi connectivity index (χ1) is 9.14. The largest absolute Gasteiger partial charge is 0.245 e. The molecule has 0 heterocycles. The van der Waals surface area contributed by atoms with Gasteiger partial charge in [-0.3, -0.25) is 0 Å². The van der Waals surface area contributed by atoms with Crippen LogP contribution in [0, 0.1) is 5.82 Å². The van der Waals surface area contributed by atoms with E-state index in [0.717, 1.165) is 35.7 Å². The van der Waals surface area contributed by atoms with Crippen molar-refractivity contribution in [3.05, 3.63) is 24.0 Å². The van der Waals surface area contributed by atoms with Crippen molar-refractivity contribution in [2.75, 3.05) is 7.05 Å². The molecule has 0 saturated heterocycles. The van der Waals surface area contributed by atoms with Gasteiger partial charge in [0, 0.05) is 13.1 Å². The molecule has 20 heavy (non-hydrogen) atoms. The summed E-state index contributed by atoms with van der Waals surface area (Å²) < 4.78 is 61.7. The molecule has 1 saturated carbocycles. The molecule has 1 aliphatic rings. The van der Waals surface area contributed by atoms with Crippen LogP contribution in [-0.2, 0) is 20.0 Å². The summed E-state index contributed by atoms with van der Waals surface area (Å²) in [6, 6.07) is 2.41. The number of nitrogens with two attached hydrogens (primary N) is 1. The number of benzene rings is 1. The summed E-state index contributed by atoms with van der Waals surface area (Å²) in [4.78, 5) is -1.00. The monoisotopic (exact) mass is 322 g/mol. The molecule has 1 aliphatic carbocycles. The van der Waals surface area contributed by atoms with E-state index >= 15 is 0 Å². The number of primary sulfonamides is 1. The lowest BCUT2D eigenvalue weighted by molar-refractivity contribution is 0.249. The molecule has 1 fully saturated rings. The highest BCUT2D eigenvalue weighted by Crippen LogP contribution is 2.29. The normalized spacial score (nSPS) is 17.2. The Bertz CT molecular complexity index is 727. The quantitative estimate of drug-likeness (QED) is 0.880. The van der Waals surface area contributed by atoms with Gasteiger partial charge in [-0.2, -0.15) is 4.31 Å². The van der Waals surface area contributed by atoms with Crippen LogP contribution in [0.25, 0.3) is 0 Å². The van der Waals surface area contributed by atoms with E-state index in [1.54, 1.807) is 0 Å². The van der Waals surface area contributed by atoms with Crippen LogP contribution in [0.5, 0.6) is 0 Å².